The van der Waals surface area contributed by atoms with Crippen molar-refractivity contribution in [3.63, 3.8) is 0 Å². The number of hydrogen-bond acceptors (Lipinski definition) is 3. The number of benzene rings is 1. The van der Waals surface area contributed by atoms with Crippen molar-refractivity contribution in [2.24, 2.45) is 5.73 Å². The molecule has 0 aromatic heterocycles. The summed E-state index contributed by atoms with van der Waals surface area (Å²) in [5, 5.41) is 3.42. The molecular weight excluding hydrogens is 236 g/mol. The minimum Gasteiger partial charge on any atom is -0.376 e. The molecule has 0 spiro atoms. The number of ether oxygens (including phenoxy) is 1. The highest BCUT2D eigenvalue weighted by molar-refractivity contribution is 5.25. The highest BCUT2D eigenvalue weighted by Gasteiger charge is 2.08. The summed E-state index contributed by atoms with van der Waals surface area (Å²) >= 11 is 0. The summed E-state index contributed by atoms with van der Waals surface area (Å²) in [7, 11) is 0. The molecule has 3 heteroatoms. The van der Waals surface area contributed by atoms with Gasteiger partial charge in [-0.2, -0.15) is 0 Å². The van der Waals surface area contributed by atoms with Gasteiger partial charge in [-0.3, -0.25) is 0 Å². The first-order valence-corrected chi connectivity index (χ1v) is 6.91. The molecule has 0 saturated heterocycles. The second kappa shape index (κ2) is 8.86. The van der Waals surface area contributed by atoms with Gasteiger partial charge in [0.2, 0.25) is 0 Å². The van der Waals surface area contributed by atoms with Gasteiger partial charge in [-0.25, -0.2) is 0 Å². The topological polar surface area (TPSA) is 47.3 Å². The second-order valence-electron chi connectivity index (χ2n) is 4.85. The predicted octanol–water partition coefficient (Wildman–Crippen LogP) is 2.43. The van der Waals surface area contributed by atoms with Crippen LogP contribution in [0.5, 0.6) is 0 Å². The summed E-state index contributed by atoms with van der Waals surface area (Å²) in [6, 6.07) is 8.82. The van der Waals surface area contributed by atoms with Crippen LogP contribution in [0.2, 0.25) is 0 Å². The summed E-state index contributed by atoms with van der Waals surface area (Å²) < 4.78 is 5.46. The molecule has 1 aromatic carbocycles. The normalized spacial score (nSPS) is 12.4. The first kappa shape index (κ1) is 15.9. The van der Waals surface area contributed by atoms with Gasteiger partial charge in [-0.05, 0) is 24.5 Å². The Kier molecular flexibility index (Phi) is 7.41. The zero-order valence-electron chi connectivity index (χ0n) is 12.1. The summed E-state index contributed by atoms with van der Waals surface area (Å²) in [5.74, 6) is 0. The molecule has 106 valence electrons. The molecule has 0 aliphatic carbocycles. The van der Waals surface area contributed by atoms with E-state index in [1.807, 2.05) is 6.92 Å². The maximum Gasteiger partial charge on any atom is 0.0672 e. The van der Waals surface area contributed by atoms with Crippen LogP contribution in [0, 0.1) is 0 Å². The SMILES string of the molecule is C=C(C)COCCNC(CN)c1ccc(CC)cc1. The largest absolute Gasteiger partial charge is 0.376 e. The van der Waals surface area contributed by atoms with Crippen LogP contribution in [0.1, 0.15) is 31.0 Å². The van der Waals surface area contributed by atoms with Gasteiger partial charge in [0.15, 0.2) is 0 Å². The first-order valence-electron chi connectivity index (χ1n) is 6.91. The summed E-state index contributed by atoms with van der Waals surface area (Å²) in [4.78, 5) is 0. The quantitative estimate of drug-likeness (QED) is 0.531. The summed E-state index contributed by atoms with van der Waals surface area (Å²) in [5.41, 5.74) is 9.45. The van der Waals surface area contributed by atoms with Crippen molar-refractivity contribution < 1.29 is 4.74 Å². The Balaban J connectivity index is 2.37. The van der Waals surface area contributed by atoms with Crippen molar-refractivity contribution in [2.75, 3.05) is 26.3 Å². The Morgan fingerprint density at radius 2 is 2.05 bits per heavy atom. The molecule has 1 aromatic rings. The third kappa shape index (κ3) is 6.01. The fourth-order valence-electron chi connectivity index (χ4n) is 1.87. The van der Waals surface area contributed by atoms with E-state index in [4.69, 9.17) is 10.5 Å². The lowest BCUT2D eigenvalue weighted by Gasteiger charge is -2.17. The van der Waals surface area contributed by atoms with Crippen molar-refractivity contribution in [3.05, 3.63) is 47.5 Å². The van der Waals surface area contributed by atoms with Crippen molar-refractivity contribution in [1.82, 2.24) is 5.32 Å². The van der Waals surface area contributed by atoms with Gasteiger partial charge in [-0.15, -0.1) is 0 Å². The maximum atomic E-state index is 5.82. The number of nitrogens with two attached hydrogens (primary N) is 1. The molecule has 0 aliphatic rings. The average molecular weight is 262 g/mol. The molecule has 0 bridgehead atoms. The second-order valence-corrected chi connectivity index (χ2v) is 4.85. The molecule has 0 fully saturated rings. The molecule has 1 rings (SSSR count). The van der Waals surface area contributed by atoms with Gasteiger partial charge in [0.1, 0.15) is 0 Å². The zero-order valence-corrected chi connectivity index (χ0v) is 12.1. The third-order valence-electron chi connectivity index (χ3n) is 3.01. The van der Waals surface area contributed by atoms with Gasteiger partial charge in [0, 0.05) is 19.1 Å². The highest BCUT2D eigenvalue weighted by Crippen LogP contribution is 2.13. The maximum absolute atomic E-state index is 5.82. The van der Waals surface area contributed by atoms with Crippen LogP contribution in [0.25, 0.3) is 0 Å². The standard InChI is InChI=1S/C16H26N2O/c1-4-14-5-7-15(8-6-14)16(11-17)18-9-10-19-12-13(2)3/h5-8,16,18H,2,4,9-12,17H2,1,3H3. The molecule has 0 saturated carbocycles. The van der Waals surface area contributed by atoms with E-state index >= 15 is 0 Å². The minimum absolute atomic E-state index is 0.194. The van der Waals surface area contributed by atoms with Gasteiger partial charge in [-0.1, -0.05) is 43.3 Å². The molecule has 19 heavy (non-hydrogen) atoms. The lowest BCUT2D eigenvalue weighted by Crippen LogP contribution is -2.31. The average Bonchev–Trinajstić information content (AvgIpc) is 2.43. The zero-order chi connectivity index (χ0) is 14.1. The van der Waals surface area contributed by atoms with Crippen LogP contribution in [0.15, 0.2) is 36.4 Å². The van der Waals surface area contributed by atoms with E-state index in [1.54, 1.807) is 0 Å². The Hall–Kier alpha value is -1.16. The van der Waals surface area contributed by atoms with Gasteiger partial charge >= 0.3 is 0 Å². The molecular formula is C16H26N2O. The minimum atomic E-state index is 0.194. The molecule has 0 amide bonds. The van der Waals surface area contributed by atoms with Crippen molar-refractivity contribution in [3.8, 4) is 0 Å². The monoisotopic (exact) mass is 262 g/mol. The van der Waals surface area contributed by atoms with E-state index in [1.165, 1.54) is 11.1 Å². The molecule has 0 aliphatic heterocycles. The predicted molar refractivity (Wildman–Crippen MR) is 81.3 cm³/mol. The Labute approximate surface area is 116 Å². The van der Waals surface area contributed by atoms with Crippen LogP contribution in [-0.2, 0) is 11.2 Å². The Bertz CT molecular complexity index is 373. The molecule has 3 N–H and O–H groups in total. The lowest BCUT2D eigenvalue weighted by atomic mass is 10.0. The van der Waals surface area contributed by atoms with E-state index in [0.29, 0.717) is 19.8 Å². The van der Waals surface area contributed by atoms with Crippen molar-refractivity contribution in [1.29, 1.82) is 0 Å². The van der Waals surface area contributed by atoms with Crippen LogP contribution >= 0.6 is 0 Å². The molecule has 3 nitrogen and oxygen atoms in total. The van der Waals surface area contributed by atoms with Crippen LogP contribution in [-0.4, -0.2) is 26.3 Å². The molecule has 0 heterocycles. The van der Waals surface area contributed by atoms with Gasteiger partial charge in [0.25, 0.3) is 0 Å². The van der Waals surface area contributed by atoms with Gasteiger partial charge in [0.05, 0.1) is 13.2 Å². The number of nitrogens with one attached hydrogen (secondary N) is 1. The van der Waals surface area contributed by atoms with Crippen molar-refractivity contribution in [2.45, 2.75) is 26.3 Å². The van der Waals surface area contributed by atoms with Crippen LogP contribution in [0.3, 0.4) is 0 Å². The van der Waals surface area contributed by atoms with Crippen LogP contribution < -0.4 is 11.1 Å². The van der Waals surface area contributed by atoms with E-state index < -0.39 is 0 Å². The van der Waals surface area contributed by atoms with E-state index in [-0.39, 0.29) is 6.04 Å². The van der Waals surface area contributed by atoms with E-state index in [2.05, 4.69) is 43.1 Å². The smallest absolute Gasteiger partial charge is 0.0672 e. The fraction of sp³-hybridized carbons (Fsp3) is 0.500. The number of hydrogen-bond donors (Lipinski definition) is 2. The molecule has 0 radical (unpaired) electrons. The molecule has 1 unspecified atom stereocenters. The number of aryl methyl sites for hydroxylation is 1. The summed E-state index contributed by atoms with van der Waals surface area (Å²) in [6.45, 7) is 10.6. The summed E-state index contributed by atoms with van der Waals surface area (Å²) in [6.07, 6.45) is 1.07. The van der Waals surface area contributed by atoms with Crippen molar-refractivity contribution >= 4 is 0 Å². The molecule has 1 atom stereocenters. The first-order chi connectivity index (χ1) is 9.17. The lowest BCUT2D eigenvalue weighted by molar-refractivity contribution is 0.155. The van der Waals surface area contributed by atoms with Crippen LogP contribution in [0.4, 0.5) is 0 Å². The fourth-order valence-corrected chi connectivity index (χ4v) is 1.87. The highest BCUT2D eigenvalue weighted by atomic mass is 16.5. The van der Waals surface area contributed by atoms with E-state index in [0.717, 1.165) is 18.5 Å². The van der Waals surface area contributed by atoms with E-state index in [9.17, 15) is 0 Å². The number of rotatable bonds is 9. The third-order valence-corrected chi connectivity index (χ3v) is 3.01. The Morgan fingerprint density at radius 3 is 2.58 bits per heavy atom. The van der Waals surface area contributed by atoms with Gasteiger partial charge < -0.3 is 15.8 Å². The Morgan fingerprint density at radius 1 is 1.37 bits per heavy atom.